The molecule has 0 atom stereocenters. The van der Waals surface area contributed by atoms with E-state index in [9.17, 15) is 18.0 Å². The molecule has 0 saturated carbocycles. The zero-order chi connectivity index (χ0) is 21.0. The summed E-state index contributed by atoms with van der Waals surface area (Å²) < 4.78 is 27.7. The van der Waals surface area contributed by atoms with Crippen LogP contribution in [0.3, 0.4) is 0 Å². The number of halogens is 1. The van der Waals surface area contributed by atoms with Gasteiger partial charge in [-0.1, -0.05) is 35.9 Å². The van der Waals surface area contributed by atoms with Crippen molar-refractivity contribution in [2.45, 2.75) is 11.8 Å². The Morgan fingerprint density at radius 1 is 0.897 bits per heavy atom. The van der Waals surface area contributed by atoms with Gasteiger partial charge in [0.05, 0.1) is 16.1 Å². The molecule has 148 valence electrons. The van der Waals surface area contributed by atoms with Crippen LogP contribution in [-0.4, -0.2) is 20.1 Å². The van der Waals surface area contributed by atoms with E-state index in [2.05, 4.69) is 10.0 Å². The Balaban J connectivity index is 1.87. The van der Waals surface area contributed by atoms with Crippen LogP contribution in [0.4, 0.5) is 11.4 Å². The molecular formula is C21H17ClN2O4S. The predicted molar refractivity (Wildman–Crippen MR) is 113 cm³/mol. The Kier molecular flexibility index (Phi) is 6.00. The lowest BCUT2D eigenvalue weighted by molar-refractivity contribution is 0.101. The van der Waals surface area contributed by atoms with E-state index in [-0.39, 0.29) is 21.9 Å². The third kappa shape index (κ3) is 5.01. The minimum absolute atomic E-state index is 0.0197. The maximum Gasteiger partial charge on any atom is 0.261 e. The van der Waals surface area contributed by atoms with Crippen LogP contribution in [0.2, 0.25) is 5.02 Å². The van der Waals surface area contributed by atoms with Gasteiger partial charge in [-0.2, -0.15) is 0 Å². The summed E-state index contributed by atoms with van der Waals surface area (Å²) in [5, 5.41) is 3.10. The van der Waals surface area contributed by atoms with Crippen LogP contribution in [0.15, 0.2) is 77.7 Å². The number of ketones is 1. The molecule has 0 fully saturated rings. The largest absolute Gasteiger partial charge is 0.322 e. The molecule has 0 aliphatic carbocycles. The van der Waals surface area contributed by atoms with E-state index in [4.69, 9.17) is 11.6 Å². The first-order chi connectivity index (χ1) is 13.8. The molecule has 0 unspecified atom stereocenters. The third-order valence-corrected chi connectivity index (χ3v) is 5.70. The van der Waals surface area contributed by atoms with Crippen LogP contribution >= 0.6 is 11.6 Å². The van der Waals surface area contributed by atoms with Gasteiger partial charge in [0.25, 0.3) is 15.9 Å². The van der Waals surface area contributed by atoms with Crippen LogP contribution in [-0.2, 0) is 10.0 Å². The van der Waals surface area contributed by atoms with Crippen molar-refractivity contribution < 1.29 is 18.0 Å². The van der Waals surface area contributed by atoms with Crippen molar-refractivity contribution in [3.05, 3.63) is 88.9 Å². The number of Topliss-reactive ketones (excluding diaryl/α,β-unsaturated/α-hetero) is 1. The number of hydrogen-bond acceptors (Lipinski definition) is 4. The number of para-hydroxylation sites is 1. The number of carbonyl (C=O) groups excluding carboxylic acids is 2. The zero-order valence-electron chi connectivity index (χ0n) is 15.3. The molecule has 0 heterocycles. The fourth-order valence-electron chi connectivity index (χ4n) is 2.60. The molecule has 0 bridgehead atoms. The number of nitrogens with one attached hydrogen (secondary N) is 2. The highest BCUT2D eigenvalue weighted by Gasteiger charge is 2.19. The molecule has 29 heavy (non-hydrogen) atoms. The van der Waals surface area contributed by atoms with Crippen molar-refractivity contribution in [2.75, 3.05) is 10.0 Å². The molecule has 6 nitrogen and oxygen atoms in total. The van der Waals surface area contributed by atoms with E-state index in [0.717, 1.165) is 0 Å². The molecule has 8 heteroatoms. The summed E-state index contributed by atoms with van der Waals surface area (Å²) in [6.45, 7) is 1.43. The first-order valence-corrected chi connectivity index (χ1v) is 10.4. The highest BCUT2D eigenvalue weighted by atomic mass is 35.5. The Hall–Kier alpha value is -3.16. The molecule has 0 saturated heterocycles. The van der Waals surface area contributed by atoms with Gasteiger partial charge in [0.2, 0.25) is 0 Å². The minimum Gasteiger partial charge on any atom is -0.322 e. The summed E-state index contributed by atoms with van der Waals surface area (Å²) in [6, 6.07) is 18.4. The summed E-state index contributed by atoms with van der Waals surface area (Å²) in [7, 11) is -3.91. The normalized spacial score (nSPS) is 11.0. The predicted octanol–water partition coefficient (Wildman–Crippen LogP) is 4.60. The highest BCUT2D eigenvalue weighted by molar-refractivity contribution is 7.92. The van der Waals surface area contributed by atoms with Crippen LogP contribution in [0, 0.1) is 0 Å². The van der Waals surface area contributed by atoms with Crippen molar-refractivity contribution in [1.82, 2.24) is 0 Å². The lowest BCUT2D eigenvalue weighted by Crippen LogP contribution is -2.18. The summed E-state index contributed by atoms with van der Waals surface area (Å²) in [5.74, 6) is -0.641. The van der Waals surface area contributed by atoms with Crippen molar-refractivity contribution in [3.8, 4) is 0 Å². The maximum absolute atomic E-state index is 12.7. The van der Waals surface area contributed by atoms with E-state index in [0.29, 0.717) is 16.3 Å². The fraction of sp³-hybridized carbons (Fsp3) is 0.0476. The van der Waals surface area contributed by atoms with Gasteiger partial charge in [0.15, 0.2) is 5.78 Å². The Morgan fingerprint density at radius 2 is 1.59 bits per heavy atom. The van der Waals surface area contributed by atoms with Gasteiger partial charge in [-0.25, -0.2) is 8.42 Å². The molecule has 0 aromatic heterocycles. The average Bonchev–Trinajstić information content (AvgIpc) is 2.68. The lowest BCUT2D eigenvalue weighted by atomic mass is 10.1. The maximum atomic E-state index is 12.7. The van der Waals surface area contributed by atoms with Crippen LogP contribution in [0.5, 0.6) is 0 Å². The van der Waals surface area contributed by atoms with Gasteiger partial charge in [-0.3, -0.25) is 14.3 Å². The summed E-state index contributed by atoms with van der Waals surface area (Å²) in [4.78, 5) is 24.3. The first kappa shape index (κ1) is 20.6. The first-order valence-electron chi connectivity index (χ1n) is 8.56. The number of carbonyl (C=O) groups is 2. The van der Waals surface area contributed by atoms with Crippen molar-refractivity contribution in [1.29, 1.82) is 0 Å². The average molecular weight is 429 g/mol. The summed E-state index contributed by atoms with van der Waals surface area (Å²) >= 11 is 5.81. The Morgan fingerprint density at radius 3 is 2.28 bits per heavy atom. The van der Waals surface area contributed by atoms with E-state index in [1.165, 1.54) is 43.3 Å². The van der Waals surface area contributed by atoms with Gasteiger partial charge in [-0.15, -0.1) is 0 Å². The third-order valence-electron chi connectivity index (χ3n) is 4.07. The van der Waals surface area contributed by atoms with Gasteiger partial charge in [0, 0.05) is 16.3 Å². The number of hydrogen-bond donors (Lipinski definition) is 2. The topological polar surface area (TPSA) is 92.3 Å². The molecule has 0 aliphatic rings. The molecule has 3 aromatic rings. The van der Waals surface area contributed by atoms with E-state index >= 15 is 0 Å². The van der Waals surface area contributed by atoms with Gasteiger partial charge in [-0.05, 0) is 55.5 Å². The number of rotatable bonds is 6. The fourth-order valence-corrected chi connectivity index (χ4v) is 3.81. The molecule has 3 aromatic carbocycles. The van der Waals surface area contributed by atoms with E-state index < -0.39 is 15.9 Å². The molecule has 0 aliphatic heterocycles. The monoisotopic (exact) mass is 428 g/mol. The van der Waals surface area contributed by atoms with Gasteiger partial charge in [0.1, 0.15) is 0 Å². The molecule has 0 spiro atoms. The van der Waals surface area contributed by atoms with Crippen molar-refractivity contribution in [3.63, 3.8) is 0 Å². The summed E-state index contributed by atoms with van der Waals surface area (Å²) in [6.07, 6.45) is 0. The molecule has 3 rings (SSSR count). The molecular weight excluding hydrogens is 412 g/mol. The Labute approximate surface area is 173 Å². The van der Waals surface area contributed by atoms with Crippen LogP contribution in [0.1, 0.15) is 27.6 Å². The van der Waals surface area contributed by atoms with E-state index in [1.807, 2.05) is 0 Å². The second kappa shape index (κ2) is 8.46. The second-order valence-corrected chi connectivity index (χ2v) is 8.31. The van der Waals surface area contributed by atoms with Gasteiger partial charge < -0.3 is 5.32 Å². The smallest absolute Gasteiger partial charge is 0.261 e. The number of benzene rings is 3. The second-order valence-electron chi connectivity index (χ2n) is 6.20. The Bertz CT molecular complexity index is 1180. The summed E-state index contributed by atoms with van der Waals surface area (Å²) in [5.41, 5.74) is 1.15. The van der Waals surface area contributed by atoms with Gasteiger partial charge >= 0.3 is 0 Å². The van der Waals surface area contributed by atoms with Crippen LogP contribution < -0.4 is 10.0 Å². The zero-order valence-corrected chi connectivity index (χ0v) is 16.9. The quantitative estimate of drug-likeness (QED) is 0.561. The van der Waals surface area contributed by atoms with E-state index in [1.54, 1.807) is 36.4 Å². The number of sulfonamides is 1. The van der Waals surface area contributed by atoms with Crippen LogP contribution in [0.25, 0.3) is 0 Å². The highest BCUT2D eigenvalue weighted by Crippen LogP contribution is 2.22. The number of amides is 1. The molecule has 1 amide bonds. The standard InChI is InChI=1S/C21H17ClN2O4S/c1-14(25)15-5-4-6-17(13-15)23-21(26)19-7-2-3-8-20(19)24-29(27,28)18-11-9-16(22)10-12-18/h2-13,24H,1H3,(H,23,26). The molecule has 2 N–H and O–H groups in total. The molecule has 0 radical (unpaired) electrons. The SMILES string of the molecule is CC(=O)c1cccc(NC(=O)c2ccccc2NS(=O)(=O)c2ccc(Cl)cc2)c1. The van der Waals surface area contributed by atoms with Crippen molar-refractivity contribution in [2.24, 2.45) is 0 Å². The lowest BCUT2D eigenvalue weighted by Gasteiger charge is -2.13. The minimum atomic E-state index is -3.91. The number of anilines is 2. The van der Waals surface area contributed by atoms with Crippen molar-refractivity contribution >= 4 is 44.7 Å².